The van der Waals surface area contributed by atoms with Crippen LogP contribution in [0.5, 0.6) is 0 Å². The minimum Gasteiger partial charge on any atom is -0.261 e. The quantitative estimate of drug-likeness (QED) is 0.356. The van der Waals surface area contributed by atoms with E-state index >= 15 is 0 Å². The molecule has 4 rings (SSSR count). The van der Waals surface area contributed by atoms with Gasteiger partial charge in [0.2, 0.25) is 0 Å². The zero-order chi connectivity index (χ0) is 17.9. The zero-order valence-corrected chi connectivity index (χ0v) is 15.0. The Kier molecular flexibility index (Phi) is 4.32. The van der Waals surface area contributed by atoms with Gasteiger partial charge in [0.05, 0.1) is 11.4 Å². The lowest BCUT2D eigenvalue weighted by Gasteiger charge is -2.15. The van der Waals surface area contributed by atoms with Gasteiger partial charge in [-0.2, -0.15) is 0 Å². The highest BCUT2D eigenvalue weighted by atomic mass is 14.7. The van der Waals surface area contributed by atoms with Crippen molar-refractivity contribution in [3.8, 4) is 11.1 Å². The molecule has 0 aromatic heterocycles. The molecule has 0 aliphatic rings. The fourth-order valence-electron chi connectivity index (χ4n) is 3.54. The molecule has 0 saturated heterocycles. The van der Waals surface area contributed by atoms with Crippen LogP contribution in [0, 0.1) is 0 Å². The SMILES string of the molecule is C/C=N/c1ccc2ccccc2c1-c1c(/N=C/C)ccc2ccccc12. The number of hydrogen-bond donors (Lipinski definition) is 0. The maximum atomic E-state index is 4.66. The van der Waals surface area contributed by atoms with E-state index < -0.39 is 0 Å². The Morgan fingerprint density at radius 1 is 0.538 bits per heavy atom. The first kappa shape index (κ1) is 16.2. The fourth-order valence-corrected chi connectivity index (χ4v) is 3.54. The van der Waals surface area contributed by atoms with E-state index in [1.165, 1.54) is 21.5 Å². The molecule has 4 aromatic rings. The Labute approximate surface area is 153 Å². The molecule has 0 atom stereocenters. The predicted octanol–water partition coefficient (Wildman–Crippen LogP) is 7.10. The molecule has 0 spiro atoms. The average Bonchev–Trinajstić information content (AvgIpc) is 2.69. The van der Waals surface area contributed by atoms with Gasteiger partial charge in [0.15, 0.2) is 0 Å². The monoisotopic (exact) mass is 336 g/mol. The van der Waals surface area contributed by atoms with Crippen molar-refractivity contribution in [1.29, 1.82) is 0 Å². The summed E-state index contributed by atoms with van der Waals surface area (Å²) >= 11 is 0. The topological polar surface area (TPSA) is 24.7 Å². The fraction of sp³-hybridized carbons (Fsp3) is 0.0833. The molecule has 2 nitrogen and oxygen atoms in total. The highest BCUT2D eigenvalue weighted by Crippen LogP contribution is 2.45. The third kappa shape index (κ3) is 2.70. The second kappa shape index (κ2) is 6.93. The van der Waals surface area contributed by atoms with Crippen LogP contribution < -0.4 is 0 Å². The summed E-state index contributed by atoms with van der Waals surface area (Å²) in [6.45, 7) is 3.90. The molecular weight excluding hydrogens is 316 g/mol. The third-order valence-electron chi connectivity index (χ3n) is 4.60. The summed E-state index contributed by atoms with van der Waals surface area (Å²) in [5.41, 5.74) is 4.21. The van der Waals surface area contributed by atoms with Gasteiger partial charge in [-0.15, -0.1) is 0 Å². The summed E-state index contributed by atoms with van der Waals surface area (Å²) in [5, 5.41) is 4.80. The van der Waals surface area contributed by atoms with E-state index in [4.69, 9.17) is 0 Å². The summed E-state index contributed by atoms with van der Waals surface area (Å²) in [4.78, 5) is 9.33. The lowest BCUT2D eigenvalue weighted by atomic mass is 9.91. The molecule has 4 aromatic carbocycles. The molecule has 126 valence electrons. The summed E-state index contributed by atoms with van der Waals surface area (Å²) in [5.74, 6) is 0. The Balaban J connectivity index is 2.22. The van der Waals surface area contributed by atoms with Gasteiger partial charge in [-0.05, 0) is 47.5 Å². The molecule has 0 amide bonds. The first-order chi connectivity index (χ1) is 12.8. The lowest BCUT2D eigenvalue weighted by Crippen LogP contribution is -1.87. The molecule has 26 heavy (non-hydrogen) atoms. The maximum absolute atomic E-state index is 4.66. The number of aliphatic imine (C=N–C) groups is 2. The number of hydrogen-bond acceptors (Lipinski definition) is 2. The normalized spacial score (nSPS) is 11.9. The van der Waals surface area contributed by atoms with Crippen molar-refractivity contribution in [2.45, 2.75) is 13.8 Å². The van der Waals surface area contributed by atoms with Gasteiger partial charge in [0.25, 0.3) is 0 Å². The average molecular weight is 336 g/mol. The summed E-state index contributed by atoms with van der Waals surface area (Å²) in [6, 6.07) is 25.4. The second-order valence-electron chi connectivity index (χ2n) is 6.14. The molecule has 0 unspecified atom stereocenters. The van der Waals surface area contributed by atoms with E-state index in [1.54, 1.807) is 0 Å². The number of nitrogens with zero attached hydrogens (tertiary/aromatic N) is 2. The Hall–Kier alpha value is -3.26. The Morgan fingerprint density at radius 3 is 1.38 bits per heavy atom. The van der Waals surface area contributed by atoms with Crippen molar-refractivity contribution in [2.24, 2.45) is 9.98 Å². The van der Waals surface area contributed by atoms with Gasteiger partial charge in [-0.1, -0.05) is 60.7 Å². The zero-order valence-electron chi connectivity index (χ0n) is 15.0. The van der Waals surface area contributed by atoms with E-state index in [9.17, 15) is 0 Å². The van der Waals surface area contributed by atoms with E-state index in [-0.39, 0.29) is 0 Å². The molecule has 0 heterocycles. The Bertz CT molecular complexity index is 1060. The van der Waals surface area contributed by atoms with E-state index in [0.717, 1.165) is 22.5 Å². The number of rotatable bonds is 3. The van der Waals surface area contributed by atoms with Gasteiger partial charge in [-0.3, -0.25) is 9.98 Å². The van der Waals surface area contributed by atoms with Crippen LogP contribution >= 0.6 is 0 Å². The molecule has 0 aliphatic heterocycles. The molecule has 0 fully saturated rings. The van der Waals surface area contributed by atoms with Crippen LogP contribution in [0.2, 0.25) is 0 Å². The highest BCUT2D eigenvalue weighted by Gasteiger charge is 2.16. The summed E-state index contributed by atoms with van der Waals surface area (Å²) in [7, 11) is 0. The number of benzene rings is 4. The smallest absolute Gasteiger partial charge is 0.0711 e. The highest BCUT2D eigenvalue weighted by molar-refractivity contribution is 6.13. The van der Waals surface area contributed by atoms with Crippen LogP contribution in [0.15, 0.2) is 82.8 Å². The molecule has 0 N–H and O–H groups in total. The van der Waals surface area contributed by atoms with Crippen molar-refractivity contribution in [1.82, 2.24) is 0 Å². The van der Waals surface area contributed by atoms with Crippen LogP contribution in [0.3, 0.4) is 0 Å². The summed E-state index contributed by atoms with van der Waals surface area (Å²) in [6.07, 6.45) is 3.70. The van der Waals surface area contributed by atoms with Crippen LogP contribution in [-0.2, 0) is 0 Å². The molecule has 0 bridgehead atoms. The van der Waals surface area contributed by atoms with Crippen molar-refractivity contribution < 1.29 is 0 Å². The maximum Gasteiger partial charge on any atom is 0.0711 e. The van der Waals surface area contributed by atoms with Crippen LogP contribution in [0.25, 0.3) is 32.7 Å². The van der Waals surface area contributed by atoms with Crippen molar-refractivity contribution in [3.63, 3.8) is 0 Å². The first-order valence-electron chi connectivity index (χ1n) is 8.84. The Morgan fingerprint density at radius 2 is 0.962 bits per heavy atom. The van der Waals surface area contributed by atoms with E-state index in [1.807, 2.05) is 26.3 Å². The van der Waals surface area contributed by atoms with Crippen LogP contribution in [-0.4, -0.2) is 12.4 Å². The molecular formula is C24H20N2. The third-order valence-corrected chi connectivity index (χ3v) is 4.60. The van der Waals surface area contributed by atoms with Crippen LogP contribution in [0.1, 0.15) is 13.8 Å². The van der Waals surface area contributed by atoms with Crippen LogP contribution in [0.4, 0.5) is 11.4 Å². The first-order valence-corrected chi connectivity index (χ1v) is 8.84. The summed E-state index contributed by atoms with van der Waals surface area (Å²) < 4.78 is 0. The van der Waals surface area contributed by atoms with Crippen molar-refractivity contribution in [3.05, 3.63) is 72.8 Å². The molecule has 0 radical (unpaired) electrons. The minimum absolute atomic E-state index is 0.968. The number of fused-ring (bicyclic) bond motifs is 2. The van der Waals surface area contributed by atoms with Crippen molar-refractivity contribution in [2.75, 3.05) is 0 Å². The van der Waals surface area contributed by atoms with E-state index in [0.29, 0.717) is 0 Å². The lowest BCUT2D eigenvalue weighted by molar-refractivity contribution is 1.51. The van der Waals surface area contributed by atoms with Gasteiger partial charge in [0, 0.05) is 23.6 Å². The van der Waals surface area contributed by atoms with E-state index in [2.05, 4.69) is 82.8 Å². The van der Waals surface area contributed by atoms with Crippen molar-refractivity contribution >= 4 is 45.3 Å². The molecule has 0 saturated carbocycles. The van der Waals surface area contributed by atoms with Gasteiger partial charge in [-0.25, -0.2) is 0 Å². The van der Waals surface area contributed by atoms with Gasteiger partial charge in [0.1, 0.15) is 0 Å². The largest absolute Gasteiger partial charge is 0.261 e. The predicted molar refractivity (Wildman–Crippen MR) is 115 cm³/mol. The van der Waals surface area contributed by atoms with Gasteiger partial charge >= 0.3 is 0 Å². The standard InChI is InChI=1S/C24H20N2/c1-3-25-21-15-13-17-9-5-7-11-19(17)23(21)24-20-12-8-6-10-18(20)14-16-22(24)26-4-2/h3-16H,1-2H3/b25-3+,26-4+. The molecule has 0 aliphatic carbocycles. The van der Waals surface area contributed by atoms with Gasteiger partial charge < -0.3 is 0 Å². The molecule has 2 heteroatoms. The second-order valence-corrected chi connectivity index (χ2v) is 6.14. The minimum atomic E-state index is 0.968.